The Labute approximate surface area is 87.7 Å². The van der Waals surface area contributed by atoms with Crippen LogP contribution in [-0.2, 0) is 0 Å². The molecular weight excluding hydrogens is 190 g/mol. The fraction of sp³-hybridized carbons (Fsp3) is 0.182. The van der Waals surface area contributed by atoms with Gasteiger partial charge >= 0.3 is 0 Å². The lowest BCUT2D eigenvalue weighted by Crippen LogP contribution is -2.00. The van der Waals surface area contributed by atoms with Crippen LogP contribution in [0.25, 0.3) is 0 Å². The van der Waals surface area contributed by atoms with E-state index in [1.807, 2.05) is 19.1 Å². The maximum Gasteiger partial charge on any atom is 0.107 e. The molecule has 4 nitrogen and oxygen atoms in total. The van der Waals surface area contributed by atoms with E-state index < -0.39 is 6.10 Å². The molecule has 4 heteroatoms. The Kier molecular flexibility index (Phi) is 2.43. The molecule has 0 aliphatic rings. The van der Waals surface area contributed by atoms with E-state index in [0.717, 1.165) is 16.8 Å². The minimum atomic E-state index is -0.674. The smallest absolute Gasteiger partial charge is 0.107 e. The highest BCUT2D eigenvalue weighted by Gasteiger charge is 2.14. The van der Waals surface area contributed by atoms with E-state index in [9.17, 15) is 5.11 Å². The lowest BCUT2D eigenvalue weighted by molar-refractivity contribution is 0.219. The van der Waals surface area contributed by atoms with Crippen molar-refractivity contribution in [3.05, 3.63) is 47.3 Å². The van der Waals surface area contributed by atoms with Gasteiger partial charge in [-0.05, 0) is 24.6 Å². The number of H-pyrrole nitrogens is 1. The third kappa shape index (κ3) is 1.85. The lowest BCUT2D eigenvalue weighted by atomic mass is 10.0. The van der Waals surface area contributed by atoms with Gasteiger partial charge in [0, 0.05) is 17.4 Å². The number of benzene rings is 1. The van der Waals surface area contributed by atoms with Crippen molar-refractivity contribution in [3.63, 3.8) is 0 Å². The standard InChI is InChI=1S/C11H13N3O/c1-7-10(6-13-14-7)11(15)8-3-2-4-9(12)5-8/h2-6,11,15H,12H2,1H3,(H,13,14). The summed E-state index contributed by atoms with van der Waals surface area (Å²) in [5, 5.41) is 16.8. The topological polar surface area (TPSA) is 74.9 Å². The molecule has 1 aromatic carbocycles. The van der Waals surface area contributed by atoms with Gasteiger partial charge in [-0.25, -0.2) is 0 Å². The summed E-state index contributed by atoms with van der Waals surface area (Å²) < 4.78 is 0. The highest BCUT2D eigenvalue weighted by Crippen LogP contribution is 2.24. The van der Waals surface area contributed by atoms with Crippen LogP contribution in [0.15, 0.2) is 30.5 Å². The molecule has 1 atom stereocenters. The number of hydrogen-bond acceptors (Lipinski definition) is 3. The van der Waals surface area contributed by atoms with E-state index in [1.165, 1.54) is 0 Å². The van der Waals surface area contributed by atoms with Crippen molar-refractivity contribution in [2.45, 2.75) is 13.0 Å². The summed E-state index contributed by atoms with van der Waals surface area (Å²) in [5.74, 6) is 0. The highest BCUT2D eigenvalue weighted by molar-refractivity contribution is 5.43. The molecule has 15 heavy (non-hydrogen) atoms. The molecular formula is C11H13N3O. The molecule has 4 N–H and O–H groups in total. The first kappa shape index (κ1) is 9.73. The predicted molar refractivity (Wildman–Crippen MR) is 58.2 cm³/mol. The molecule has 0 amide bonds. The second-order valence-electron chi connectivity index (χ2n) is 3.50. The zero-order chi connectivity index (χ0) is 10.8. The molecule has 1 unspecified atom stereocenters. The monoisotopic (exact) mass is 203 g/mol. The van der Waals surface area contributed by atoms with Crippen LogP contribution in [0.4, 0.5) is 5.69 Å². The molecule has 0 fully saturated rings. The number of nitrogens with two attached hydrogens (primary N) is 1. The SMILES string of the molecule is Cc1n[nH]cc1C(O)c1cccc(N)c1. The molecule has 0 spiro atoms. The first-order valence-corrected chi connectivity index (χ1v) is 4.72. The maximum absolute atomic E-state index is 10.1. The van der Waals surface area contributed by atoms with E-state index in [2.05, 4.69) is 10.2 Å². The van der Waals surface area contributed by atoms with Crippen LogP contribution < -0.4 is 5.73 Å². The normalized spacial score (nSPS) is 12.7. The van der Waals surface area contributed by atoms with Gasteiger partial charge < -0.3 is 10.8 Å². The lowest BCUT2D eigenvalue weighted by Gasteiger charge is -2.10. The fourth-order valence-corrected chi connectivity index (χ4v) is 1.55. The number of aryl methyl sites for hydroxylation is 1. The van der Waals surface area contributed by atoms with Crippen molar-refractivity contribution in [2.75, 3.05) is 5.73 Å². The Morgan fingerprint density at radius 2 is 2.27 bits per heavy atom. The minimum absolute atomic E-state index is 0.646. The van der Waals surface area contributed by atoms with Crippen molar-refractivity contribution in [1.29, 1.82) is 0 Å². The van der Waals surface area contributed by atoms with Crippen molar-refractivity contribution in [2.24, 2.45) is 0 Å². The van der Waals surface area contributed by atoms with E-state index >= 15 is 0 Å². The van der Waals surface area contributed by atoms with Gasteiger partial charge in [0.25, 0.3) is 0 Å². The van der Waals surface area contributed by atoms with Crippen LogP contribution in [0.2, 0.25) is 0 Å². The molecule has 78 valence electrons. The minimum Gasteiger partial charge on any atom is -0.399 e. The number of aliphatic hydroxyl groups excluding tert-OH is 1. The quantitative estimate of drug-likeness (QED) is 0.645. The van der Waals surface area contributed by atoms with Crippen LogP contribution in [0.5, 0.6) is 0 Å². The fourth-order valence-electron chi connectivity index (χ4n) is 1.55. The van der Waals surface area contributed by atoms with Gasteiger partial charge in [-0.2, -0.15) is 5.10 Å². The summed E-state index contributed by atoms with van der Waals surface area (Å²) in [7, 11) is 0. The molecule has 1 aromatic heterocycles. The van der Waals surface area contributed by atoms with E-state index in [-0.39, 0.29) is 0 Å². The second-order valence-corrected chi connectivity index (χ2v) is 3.50. The molecule has 0 radical (unpaired) electrons. The summed E-state index contributed by atoms with van der Waals surface area (Å²) in [4.78, 5) is 0. The van der Waals surface area contributed by atoms with Gasteiger partial charge in [0.2, 0.25) is 0 Å². The number of nitrogens with zero attached hydrogens (tertiary/aromatic N) is 1. The van der Waals surface area contributed by atoms with Crippen molar-refractivity contribution in [3.8, 4) is 0 Å². The van der Waals surface area contributed by atoms with E-state index in [4.69, 9.17) is 5.73 Å². The Hall–Kier alpha value is -1.81. The first-order chi connectivity index (χ1) is 7.18. The largest absolute Gasteiger partial charge is 0.399 e. The van der Waals surface area contributed by atoms with Gasteiger partial charge in [-0.15, -0.1) is 0 Å². The summed E-state index contributed by atoms with van der Waals surface area (Å²) in [6, 6.07) is 7.21. The summed E-state index contributed by atoms with van der Waals surface area (Å²) in [6.45, 7) is 1.85. The van der Waals surface area contributed by atoms with Crippen molar-refractivity contribution < 1.29 is 5.11 Å². The Balaban J connectivity index is 2.36. The molecule has 2 rings (SSSR count). The van der Waals surface area contributed by atoms with Gasteiger partial charge in [0.1, 0.15) is 6.10 Å². The third-order valence-corrected chi connectivity index (χ3v) is 2.39. The van der Waals surface area contributed by atoms with Crippen LogP contribution in [0.3, 0.4) is 0 Å². The van der Waals surface area contributed by atoms with Crippen LogP contribution in [-0.4, -0.2) is 15.3 Å². The number of nitrogen functional groups attached to an aromatic ring is 1. The first-order valence-electron chi connectivity index (χ1n) is 4.72. The van der Waals surface area contributed by atoms with Gasteiger partial charge in [0.15, 0.2) is 0 Å². The molecule has 0 aliphatic heterocycles. The van der Waals surface area contributed by atoms with Gasteiger partial charge in [-0.1, -0.05) is 12.1 Å². The zero-order valence-corrected chi connectivity index (χ0v) is 8.44. The average Bonchev–Trinajstić information content (AvgIpc) is 2.63. The van der Waals surface area contributed by atoms with Crippen molar-refractivity contribution >= 4 is 5.69 Å². The van der Waals surface area contributed by atoms with Crippen LogP contribution in [0.1, 0.15) is 22.9 Å². The predicted octanol–water partition coefficient (Wildman–Crippen LogP) is 1.38. The Morgan fingerprint density at radius 3 is 2.87 bits per heavy atom. The molecule has 0 bridgehead atoms. The Morgan fingerprint density at radius 1 is 1.47 bits per heavy atom. The summed E-state index contributed by atoms with van der Waals surface area (Å²) >= 11 is 0. The number of aliphatic hydroxyl groups is 1. The Bertz CT molecular complexity index is 464. The van der Waals surface area contributed by atoms with Gasteiger partial charge in [0.05, 0.1) is 5.69 Å². The number of rotatable bonds is 2. The highest BCUT2D eigenvalue weighted by atomic mass is 16.3. The van der Waals surface area contributed by atoms with Crippen LogP contribution >= 0.6 is 0 Å². The summed E-state index contributed by atoms with van der Waals surface area (Å²) in [6.07, 6.45) is 1.02. The number of anilines is 1. The molecule has 0 saturated heterocycles. The number of aromatic nitrogens is 2. The maximum atomic E-state index is 10.1. The third-order valence-electron chi connectivity index (χ3n) is 2.39. The second kappa shape index (κ2) is 3.74. The molecule has 0 saturated carbocycles. The number of nitrogens with one attached hydrogen (secondary N) is 1. The molecule has 2 aromatic rings. The van der Waals surface area contributed by atoms with Gasteiger partial charge in [-0.3, -0.25) is 5.10 Å². The zero-order valence-electron chi connectivity index (χ0n) is 8.44. The van der Waals surface area contributed by atoms with E-state index in [0.29, 0.717) is 5.69 Å². The number of aromatic amines is 1. The average molecular weight is 203 g/mol. The van der Waals surface area contributed by atoms with E-state index in [1.54, 1.807) is 18.3 Å². The molecule has 0 aliphatic carbocycles. The summed E-state index contributed by atoms with van der Waals surface area (Å²) in [5.41, 5.74) is 8.65. The number of hydrogen-bond donors (Lipinski definition) is 3. The van der Waals surface area contributed by atoms with Crippen LogP contribution in [0, 0.1) is 6.92 Å². The molecule has 1 heterocycles. The van der Waals surface area contributed by atoms with Crippen molar-refractivity contribution in [1.82, 2.24) is 10.2 Å².